The highest BCUT2D eigenvalue weighted by Gasteiger charge is 2.32. The maximum atomic E-state index is 13.0. The zero-order valence-electron chi connectivity index (χ0n) is 19.2. The summed E-state index contributed by atoms with van der Waals surface area (Å²) in [6.07, 6.45) is 2.79. The lowest BCUT2D eigenvalue weighted by molar-refractivity contribution is -0.137. The maximum absolute atomic E-state index is 13.0. The molecular formula is C24H32Cl2F3NO2S. The van der Waals surface area contributed by atoms with Gasteiger partial charge >= 0.3 is 6.18 Å². The van der Waals surface area contributed by atoms with E-state index in [4.69, 9.17) is 28.0 Å². The van der Waals surface area contributed by atoms with Crippen molar-refractivity contribution in [3.05, 3.63) is 51.7 Å². The van der Waals surface area contributed by atoms with Gasteiger partial charge in [0, 0.05) is 16.5 Å². The first-order valence-corrected chi connectivity index (χ1v) is 13.2. The number of hydroxylamine groups is 1. The summed E-state index contributed by atoms with van der Waals surface area (Å²) >= 11 is 11.6. The standard InChI is InChI=1S/C24H32Cl2F3NO2S/c1-4-16(2)23(30-32-13-5-12-25)19-8-6-18(7-9-19)14-17(3)33(31)22-11-10-20(15-21(22)26)24(27,28)29/h5,10-12,15-18,30H,4,6-9,13-14H2,1-3H3. The van der Waals surface area contributed by atoms with Crippen LogP contribution in [0, 0.1) is 11.8 Å². The Hall–Kier alpha value is -1.02. The van der Waals surface area contributed by atoms with E-state index in [-0.39, 0.29) is 15.2 Å². The van der Waals surface area contributed by atoms with Gasteiger partial charge in [-0.3, -0.25) is 14.5 Å². The molecule has 3 unspecified atom stereocenters. The molecule has 1 saturated carbocycles. The maximum Gasteiger partial charge on any atom is 0.416 e. The van der Waals surface area contributed by atoms with E-state index in [1.807, 2.05) is 6.92 Å². The van der Waals surface area contributed by atoms with E-state index in [0.717, 1.165) is 56.4 Å². The van der Waals surface area contributed by atoms with Gasteiger partial charge in [-0.2, -0.15) is 13.2 Å². The second-order valence-corrected chi connectivity index (χ2v) is 11.0. The van der Waals surface area contributed by atoms with Crippen LogP contribution in [0.5, 0.6) is 0 Å². The molecule has 33 heavy (non-hydrogen) atoms. The Bertz CT molecular complexity index is 864. The molecule has 9 heteroatoms. The van der Waals surface area contributed by atoms with Crippen LogP contribution in [-0.4, -0.2) is 16.1 Å². The van der Waals surface area contributed by atoms with Crippen LogP contribution >= 0.6 is 23.2 Å². The van der Waals surface area contributed by atoms with Crippen LogP contribution in [0.4, 0.5) is 13.2 Å². The predicted molar refractivity (Wildman–Crippen MR) is 129 cm³/mol. The van der Waals surface area contributed by atoms with E-state index < -0.39 is 22.5 Å². The highest BCUT2D eigenvalue weighted by Crippen LogP contribution is 2.37. The third-order valence-corrected chi connectivity index (χ3v) is 8.47. The minimum atomic E-state index is -4.47. The van der Waals surface area contributed by atoms with Gasteiger partial charge in [0.05, 0.1) is 32.9 Å². The van der Waals surface area contributed by atoms with Crippen molar-refractivity contribution >= 4 is 34.0 Å². The lowest BCUT2D eigenvalue weighted by atomic mass is 9.81. The molecule has 186 valence electrons. The molecule has 2 rings (SSSR count). The molecule has 0 spiro atoms. The summed E-state index contributed by atoms with van der Waals surface area (Å²) in [5.74, 6) is 0.754. The average molecular weight is 526 g/mol. The molecule has 0 bridgehead atoms. The molecule has 1 aliphatic rings. The molecule has 0 heterocycles. The largest absolute Gasteiger partial charge is 0.416 e. The van der Waals surface area contributed by atoms with E-state index >= 15 is 0 Å². The van der Waals surface area contributed by atoms with E-state index in [1.54, 1.807) is 6.08 Å². The third kappa shape index (κ3) is 8.30. The summed E-state index contributed by atoms with van der Waals surface area (Å²) in [4.78, 5) is 5.79. The first kappa shape index (κ1) is 28.2. The van der Waals surface area contributed by atoms with Gasteiger partial charge in [0.1, 0.15) is 0 Å². The van der Waals surface area contributed by atoms with E-state index in [2.05, 4.69) is 19.3 Å². The normalized spacial score (nSPS) is 20.0. The number of hydrogen-bond acceptors (Lipinski definition) is 3. The van der Waals surface area contributed by atoms with E-state index in [1.165, 1.54) is 17.2 Å². The van der Waals surface area contributed by atoms with E-state index in [0.29, 0.717) is 18.4 Å². The first-order chi connectivity index (χ1) is 15.6. The second kappa shape index (κ2) is 13.2. The Morgan fingerprint density at radius 3 is 2.52 bits per heavy atom. The number of rotatable bonds is 10. The van der Waals surface area contributed by atoms with Crippen LogP contribution in [-0.2, 0) is 21.8 Å². The van der Waals surface area contributed by atoms with Crippen molar-refractivity contribution in [2.24, 2.45) is 11.8 Å². The van der Waals surface area contributed by atoms with Crippen molar-refractivity contribution in [2.75, 3.05) is 6.61 Å². The van der Waals surface area contributed by atoms with Gasteiger partial charge in [-0.1, -0.05) is 44.0 Å². The Morgan fingerprint density at radius 2 is 1.97 bits per heavy atom. The van der Waals surface area contributed by atoms with Crippen LogP contribution in [0.15, 0.2) is 46.0 Å². The molecule has 0 radical (unpaired) electrons. The number of halogens is 5. The lowest BCUT2D eigenvalue weighted by Gasteiger charge is -2.29. The molecule has 0 saturated heterocycles. The Kier molecular flexibility index (Phi) is 11.3. The average Bonchev–Trinajstić information content (AvgIpc) is 2.78. The Labute approximate surface area is 207 Å². The first-order valence-electron chi connectivity index (χ1n) is 11.2. The van der Waals surface area contributed by atoms with Crippen LogP contribution in [0.1, 0.15) is 64.9 Å². The van der Waals surface area contributed by atoms with Gasteiger partial charge in [-0.25, -0.2) is 0 Å². The summed E-state index contributed by atoms with van der Waals surface area (Å²) in [5.41, 5.74) is 6.20. The fourth-order valence-corrected chi connectivity index (χ4v) is 5.89. The molecular weight excluding hydrogens is 494 g/mol. The van der Waals surface area contributed by atoms with Crippen molar-refractivity contribution in [1.82, 2.24) is 5.48 Å². The van der Waals surface area contributed by atoms with Crippen LogP contribution in [0.3, 0.4) is 0 Å². The quantitative estimate of drug-likeness (QED) is 0.248. The van der Waals surface area contributed by atoms with Gasteiger partial charge in [0.2, 0.25) is 0 Å². The minimum Gasteiger partial charge on any atom is -0.272 e. The number of hydrogen-bond donors (Lipinski definition) is 1. The van der Waals surface area contributed by atoms with Gasteiger partial charge < -0.3 is 0 Å². The summed E-state index contributed by atoms with van der Waals surface area (Å²) in [7, 11) is -1.47. The van der Waals surface area contributed by atoms with Crippen LogP contribution < -0.4 is 5.48 Å². The molecule has 3 nitrogen and oxygen atoms in total. The topological polar surface area (TPSA) is 38.3 Å². The van der Waals surface area contributed by atoms with Crippen molar-refractivity contribution in [3.63, 3.8) is 0 Å². The zero-order chi connectivity index (χ0) is 24.6. The fourth-order valence-electron chi connectivity index (χ4n) is 4.07. The van der Waals surface area contributed by atoms with Gasteiger partial charge in [-0.15, -0.1) is 0 Å². The van der Waals surface area contributed by atoms with Crippen LogP contribution in [0.2, 0.25) is 5.02 Å². The summed E-state index contributed by atoms with van der Waals surface area (Å²) in [5, 5.41) is -0.301. The highest BCUT2D eigenvalue weighted by molar-refractivity contribution is 7.85. The van der Waals surface area contributed by atoms with E-state index in [9.17, 15) is 17.4 Å². The predicted octanol–water partition coefficient (Wildman–Crippen LogP) is 8.01. The number of nitrogens with one attached hydrogen (secondary N) is 1. The second-order valence-electron chi connectivity index (χ2n) is 8.53. The van der Waals surface area contributed by atoms with Gasteiger partial charge in [0.15, 0.2) is 0 Å². The molecule has 0 aromatic heterocycles. The monoisotopic (exact) mass is 525 g/mol. The minimum absolute atomic E-state index is 0.0999. The van der Waals surface area contributed by atoms with Gasteiger partial charge in [0.25, 0.3) is 0 Å². The third-order valence-electron chi connectivity index (χ3n) is 6.15. The molecule has 1 aliphatic carbocycles. The van der Waals surface area contributed by atoms with Crippen molar-refractivity contribution < 1.29 is 22.2 Å². The van der Waals surface area contributed by atoms with Crippen molar-refractivity contribution in [1.29, 1.82) is 0 Å². The molecule has 1 aromatic rings. The SMILES string of the molecule is CCC(C)C(NOCC=CCl)=C1CCC(CC(C)S(=O)c2ccc(C(F)(F)F)cc2Cl)CC1. The summed E-state index contributed by atoms with van der Waals surface area (Å²) < 4.78 is 51.6. The smallest absolute Gasteiger partial charge is 0.272 e. The molecule has 1 fully saturated rings. The van der Waals surface area contributed by atoms with Crippen LogP contribution in [0.25, 0.3) is 0 Å². The summed E-state index contributed by atoms with van der Waals surface area (Å²) in [6.45, 7) is 6.57. The fraction of sp³-hybridized carbons (Fsp3) is 0.583. The molecule has 1 N–H and O–H groups in total. The Morgan fingerprint density at radius 1 is 1.30 bits per heavy atom. The van der Waals surface area contributed by atoms with Crippen molar-refractivity contribution in [2.45, 2.75) is 75.6 Å². The zero-order valence-corrected chi connectivity index (χ0v) is 21.5. The van der Waals surface area contributed by atoms with Gasteiger partial charge in [-0.05, 0) is 80.2 Å². The van der Waals surface area contributed by atoms with Crippen molar-refractivity contribution in [3.8, 4) is 0 Å². The highest BCUT2D eigenvalue weighted by atomic mass is 35.5. The number of alkyl halides is 3. The Balaban J connectivity index is 1.99. The lowest BCUT2D eigenvalue weighted by Crippen LogP contribution is -2.24. The summed E-state index contributed by atoms with van der Waals surface area (Å²) in [6, 6.07) is 3.04. The molecule has 0 aliphatic heterocycles. The number of allylic oxidation sites excluding steroid dienone is 2. The number of benzene rings is 1. The molecule has 3 atom stereocenters. The molecule has 0 amide bonds. The molecule has 1 aromatic carbocycles.